The molecule has 0 aliphatic rings. The summed E-state index contributed by atoms with van der Waals surface area (Å²) < 4.78 is 12.8. The molecule has 4 heterocycles. The molecular formula is C42H24N4O2. The third-order valence-corrected chi connectivity index (χ3v) is 9.01. The molecule has 224 valence electrons. The van der Waals surface area contributed by atoms with Crippen LogP contribution in [0.25, 0.3) is 100 Å². The van der Waals surface area contributed by atoms with Crippen LogP contribution in [0.3, 0.4) is 0 Å². The number of hydrogen-bond donors (Lipinski definition) is 0. The number of benzene rings is 6. The molecule has 6 nitrogen and oxygen atoms in total. The molecule has 10 aromatic rings. The fraction of sp³-hybridized carbons (Fsp3) is 0. The van der Waals surface area contributed by atoms with Crippen molar-refractivity contribution in [2.45, 2.75) is 0 Å². The van der Waals surface area contributed by atoms with Crippen molar-refractivity contribution in [3.63, 3.8) is 0 Å². The second kappa shape index (κ2) is 10.4. The van der Waals surface area contributed by atoms with Gasteiger partial charge in [-0.05, 0) is 40.6 Å². The van der Waals surface area contributed by atoms with Crippen molar-refractivity contribution < 1.29 is 8.83 Å². The van der Waals surface area contributed by atoms with E-state index in [-0.39, 0.29) is 0 Å². The zero-order chi connectivity index (χ0) is 31.6. The smallest absolute Gasteiger partial charge is 0.228 e. The summed E-state index contributed by atoms with van der Waals surface area (Å²) in [6.45, 7) is 0. The number of rotatable bonds is 4. The van der Waals surface area contributed by atoms with Gasteiger partial charge in [0.15, 0.2) is 17.5 Å². The molecule has 6 aromatic carbocycles. The van der Waals surface area contributed by atoms with Crippen LogP contribution in [0.2, 0.25) is 0 Å². The first-order valence-corrected chi connectivity index (χ1v) is 15.8. The lowest BCUT2D eigenvalue weighted by Crippen LogP contribution is -2.00. The first-order valence-electron chi connectivity index (χ1n) is 15.8. The van der Waals surface area contributed by atoms with E-state index >= 15 is 0 Å². The maximum Gasteiger partial charge on any atom is 0.228 e. The summed E-state index contributed by atoms with van der Waals surface area (Å²) in [5.74, 6) is 1.75. The van der Waals surface area contributed by atoms with Crippen LogP contribution in [0.4, 0.5) is 0 Å². The van der Waals surface area contributed by atoms with Gasteiger partial charge in [-0.1, -0.05) is 115 Å². The van der Waals surface area contributed by atoms with Crippen LogP contribution < -0.4 is 0 Å². The molecule has 0 N–H and O–H groups in total. The van der Waals surface area contributed by atoms with Crippen LogP contribution in [0.1, 0.15) is 0 Å². The maximum atomic E-state index is 6.60. The molecule has 0 saturated heterocycles. The van der Waals surface area contributed by atoms with E-state index in [1.807, 2.05) is 78.9 Å². The predicted octanol–water partition coefficient (Wildman–Crippen LogP) is 10.9. The molecule has 0 aliphatic carbocycles. The van der Waals surface area contributed by atoms with E-state index in [4.69, 9.17) is 23.8 Å². The summed E-state index contributed by atoms with van der Waals surface area (Å²) in [7, 11) is 0. The number of furan rings is 2. The van der Waals surface area contributed by atoms with Crippen LogP contribution in [-0.4, -0.2) is 19.9 Å². The van der Waals surface area contributed by atoms with E-state index in [2.05, 4.69) is 65.6 Å². The number of nitrogens with zero attached hydrogens (tertiary/aromatic N) is 4. The number of fused-ring (bicyclic) bond motifs is 7. The summed E-state index contributed by atoms with van der Waals surface area (Å²) in [5, 5.41) is 6.19. The summed E-state index contributed by atoms with van der Waals surface area (Å²) in [5.41, 5.74) is 7.61. The van der Waals surface area contributed by atoms with Gasteiger partial charge >= 0.3 is 0 Å². The van der Waals surface area contributed by atoms with E-state index in [9.17, 15) is 0 Å². The van der Waals surface area contributed by atoms with E-state index < -0.39 is 0 Å². The highest BCUT2D eigenvalue weighted by Gasteiger charge is 2.22. The number of hydrogen-bond acceptors (Lipinski definition) is 6. The minimum atomic E-state index is 0.521. The second-order valence-corrected chi connectivity index (χ2v) is 11.8. The Morgan fingerprint density at radius 2 is 1.12 bits per heavy atom. The number of para-hydroxylation sites is 2. The average Bonchev–Trinajstić information content (AvgIpc) is 3.74. The molecule has 0 atom stereocenters. The predicted molar refractivity (Wildman–Crippen MR) is 191 cm³/mol. The van der Waals surface area contributed by atoms with Crippen molar-refractivity contribution >= 4 is 54.8 Å². The van der Waals surface area contributed by atoms with Crippen molar-refractivity contribution in [2.24, 2.45) is 0 Å². The molecular weight excluding hydrogens is 592 g/mol. The highest BCUT2D eigenvalue weighted by atomic mass is 16.3. The van der Waals surface area contributed by atoms with Gasteiger partial charge < -0.3 is 8.83 Å². The van der Waals surface area contributed by atoms with Crippen molar-refractivity contribution in [3.05, 3.63) is 146 Å². The molecule has 0 radical (unpaired) electrons. The quantitative estimate of drug-likeness (QED) is 0.196. The van der Waals surface area contributed by atoms with Crippen LogP contribution in [0, 0.1) is 0 Å². The summed E-state index contributed by atoms with van der Waals surface area (Å²) in [6, 6.07) is 47.1. The van der Waals surface area contributed by atoms with Gasteiger partial charge in [0, 0.05) is 44.6 Å². The maximum absolute atomic E-state index is 6.60. The van der Waals surface area contributed by atoms with E-state index in [1.165, 1.54) is 0 Å². The Labute approximate surface area is 274 Å². The zero-order valence-electron chi connectivity index (χ0n) is 25.5. The second-order valence-electron chi connectivity index (χ2n) is 11.8. The Kier molecular flexibility index (Phi) is 5.77. The third-order valence-electron chi connectivity index (χ3n) is 9.01. The molecule has 0 saturated carbocycles. The van der Waals surface area contributed by atoms with Gasteiger partial charge in [0.1, 0.15) is 16.7 Å². The zero-order valence-corrected chi connectivity index (χ0v) is 25.5. The van der Waals surface area contributed by atoms with E-state index in [0.717, 1.165) is 76.9 Å². The lowest BCUT2D eigenvalue weighted by atomic mass is 9.97. The summed E-state index contributed by atoms with van der Waals surface area (Å²) in [6.07, 6.45) is 1.76. The SMILES string of the molecule is c1ccc(-c2nc(-c3ccc4ccccc4c3)nc(-c3ccnc4oc5c(-c6cccc7oc8ccccc8c67)cccc5c34)n2)cc1. The molecule has 4 aromatic heterocycles. The lowest BCUT2D eigenvalue weighted by molar-refractivity contribution is 0.655. The number of pyridine rings is 1. The third kappa shape index (κ3) is 4.13. The topological polar surface area (TPSA) is 77.8 Å². The Bertz CT molecular complexity index is 2850. The van der Waals surface area contributed by atoms with Gasteiger partial charge in [-0.2, -0.15) is 0 Å². The Morgan fingerprint density at radius 1 is 0.417 bits per heavy atom. The lowest BCUT2D eigenvalue weighted by Gasteiger charge is -2.09. The first-order chi connectivity index (χ1) is 23.8. The van der Waals surface area contributed by atoms with Crippen LogP contribution >= 0.6 is 0 Å². The number of aromatic nitrogens is 4. The summed E-state index contributed by atoms with van der Waals surface area (Å²) in [4.78, 5) is 19.8. The van der Waals surface area contributed by atoms with Crippen LogP contribution in [-0.2, 0) is 0 Å². The summed E-state index contributed by atoms with van der Waals surface area (Å²) >= 11 is 0. The Morgan fingerprint density at radius 3 is 2.04 bits per heavy atom. The fourth-order valence-electron chi connectivity index (χ4n) is 6.79. The monoisotopic (exact) mass is 616 g/mol. The highest BCUT2D eigenvalue weighted by molar-refractivity contribution is 6.18. The van der Waals surface area contributed by atoms with Crippen molar-refractivity contribution in [1.29, 1.82) is 0 Å². The highest BCUT2D eigenvalue weighted by Crippen LogP contribution is 2.43. The van der Waals surface area contributed by atoms with Gasteiger partial charge in [0.25, 0.3) is 0 Å². The van der Waals surface area contributed by atoms with Gasteiger partial charge in [-0.15, -0.1) is 0 Å². The minimum absolute atomic E-state index is 0.521. The molecule has 0 spiro atoms. The molecule has 48 heavy (non-hydrogen) atoms. The Hall–Kier alpha value is -6.66. The molecule has 0 amide bonds. The fourth-order valence-corrected chi connectivity index (χ4v) is 6.79. The van der Waals surface area contributed by atoms with Gasteiger partial charge in [0.05, 0.1) is 5.39 Å². The van der Waals surface area contributed by atoms with Crippen LogP contribution in [0.15, 0.2) is 155 Å². The normalized spacial score (nSPS) is 11.8. The first kappa shape index (κ1) is 26.5. The minimum Gasteiger partial charge on any atom is -0.456 e. The molecule has 0 unspecified atom stereocenters. The van der Waals surface area contributed by atoms with E-state index in [1.54, 1.807) is 6.20 Å². The van der Waals surface area contributed by atoms with Gasteiger partial charge in [-0.25, -0.2) is 19.9 Å². The Balaban J connectivity index is 1.22. The van der Waals surface area contributed by atoms with Gasteiger partial charge in [0.2, 0.25) is 5.71 Å². The van der Waals surface area contributed by atoms with Crippen LogP contribution in [0.5, 0.6) is 0 Å². The molecule has 6 heteroatoms. The van der Waals surface area contributed by atoms with Crippen molar-refractivity contribution in [1.82, 2.24) is 19.9 Å². The molecule has 0 aliphatic heterocycles. The standard InChI is InChI=1S/C42H24N4O2/c1-2-11-26(12-3-1)39-44-40(28-21-20-25-10-4-5-13-27(25)24-28)46-41(45-39)33-22-23-43-42-37(33)32-17-8-16-30(38(32)48-42)29-15-9-19-35-36(29)31-14-6-7-18-34(31)47-35/h1-24H. The molecule has 0 fully saturated rings. The van der Waals surface area contributed by atoms with Crippen molar-refractivity contribution in [3.8, 4) is 45.3 Å². The van der Waals surface area contributed by atoms with E-state index in [0.29, 0.717) is 23.2 Å². The average molecular weight is 617 g/mol. The largest absolute Gasteiger partial charge is 0.456 e. The van der Waals surface area contributed by atoms with Gasteiger partial charge in [-0.3, -0.25) is 0 Å². The van der Waals surface area contributed by atoms with Crippen molar-refractivity contribution in [2.75, 3.05) is 0 Å². The molecule has 0 bridgehead atoms. The molecule has 10 rings (SSSR count).